The number of halogens is 2. The van der Waals surface area contributed by atoms with Gasteiger partial charge in [-0.3, -0.25) is 4.79 Å². The average molecular weight is 258 g/mol. The molecule has 0 amide bonds. The Hall–Kier alpha value is -1.65. The summed E-state index contributed by atoms with van der Waals surface area (Å²) in [4.78, 5) is 10.8. The molecule has 0 aliphatic heterocycles. The summed E-state index contributed by atoms with van der Waals surface area (Å²) in [6.45, 7) is 3.47. The second-order valence-corrected chi connectivity index (χ2v) is 4.71. The molecular weight excluding hydrogens is 242 g/mol. The number of ether oxygens (including phenoxy) is 1. The van der Waals surface area contributed by atoms with Crippen molar-refractivity contribution in [3.63, 3.8) is 0 Å². The van der Waals surface area contributed by atoms with Crippen LogP contribution in [0.2, 0.25) is 0 Å². The molecule has 0 saturated heterocycles. The lowest BCUT2D eigenvalue weighted by molar-refractivity contribution is -0.138. The van der Waals surface area contributed by atoms with E-state index in [0.29, 0.717) is 11.3 Å². The van der Waals surface area contributed by atoms with E-state index in [0.717, 1.165) is 0 Å². The maximum absolute atomic E-state index is 12.6. The minimum atomic E-state index is -2.57. The lowest BCUT2D eigenvalue weighted by Gasteiger charge is -2.25. The van der Waals surface area contributed by atoms with E-state index >= 15 is 0 Å². The van der Waals surface area contributed by atoms with Crippen LogP contribution in [0.4, 0.5) is 8.78 Å². The standard InChI is InChI=1S/C13H16F2O3/c1-13(2,7-11(16)17)9-5-4-8(12(14)15)6-10(9)18-3/h4-6,12H,7H2,1-3H3,(H,16,17). The van der Waals surface area contributed by atoms with Gasteiger partial charge in [-0.1, -0.05) is 26.0 Å². The van der Waals surface area contributed by atoms with Gasteiger partial charge in [-0.2, -0.15) is 0 Å². The van der Waals surface area contributed by atoms with E-state index in [1.54, 1.807) is 13.8 Å². The van der Waals surface area contributed by atoms with Gasteiger partial charge in [0.15, 0.2) is 0 Å². The fourth-order valence-corrected chi connectivity index (χ4v) is 1.88. The van der Waals surface area contributed by atoms with Crippen molar-refractivity contribution in [1.29, 1.82) is 0 Å². The van der Waals surface area contributed by atoms with Crippen LogP contribution >= 0.6 is 0 Å². The molecule has 5 heteroatoms. The molecule has 100 valence electrons. The predicted octanol–water partition coefficient (Wildman–Crippen LogP) is 3.39. The van der Waals surface area contributed by atoms with Crippen LogP contribution < -0.4 is 4.74 Å². The number of aliphatic carboxylic acids is 1. The highest BCUT2D eigenvalue weighted by molar-refractivity contribution is 5.69. The van der Waals surface area contributed by atoms with E-state index < -0.39 is 17.8 Å². The van der Waals surface area contributed by atoms with E-state index in [2.05, 4.69) is 0 Å². The zero-order chi connectivity index (χ0) is 13.9. The van der Waals surface area contributed by atoms with Gasteiger partial charge in [0.05, 0.1) is 13.5 Å². The van der Waals surface area contributed by atoms with Crippen LogP contribution in [-0.2, 0) is 10.2 Å². The van der Waals surface area contributed by atoms with Crippen LogP contribution in [0, 0.1) is 0 Å². The molecule has 0 atom stereocenters. The molecule has 0 radical (unpaired) electrons. The summed E-state index contributed by atoms with van der Waals surface area (Å²) in [6, 6.07) is 4.05. The molecule has 1 aromatic rings. The van der Waals surface area contributed by atoms with E-state index in [1.165, 1.54) is 25.3 Å². The van der Waals surface area contributed by atoms with E-state index in [4.69, 9.17) is 9.84 Å². The molecule has 0 unspecified atom stereocenters. The number of methoxy groups -OCH3 is 1. The van der Waals surface area contributed by atoms with Crippen LogP contribution in [0.15, 0.2) is 18.2 Å². The quantitative estimate of drug-likeness (QED) is 0.880. The zero-order valence-electron chi connectivity index (χ0n) is 10.5. The Morgan fingerprint density at radius 2 is 2.06 bits per heavy atom. The first-order valence-electron chi connectivity index (χ1n) is 5.46. The number of carboxylic acid groups (broad SMARTS) is 1. The molecule has 0 aromatic heterocycles. The minimum absolute atomic E-state index is 0.0998. The first-order valence-corrected chi connectivity index (χ1v) is 5.46. The molecular formula is C13H16F2O3. The fourth-order valence-electron chi connectivity index (χ4n) is 1.88. The Morgan fingerprint density at radius 3 is 2.50 bits per heavy atom. The lowest BCUT2D eigenvalue weighted by Crippen LogP contribution is -2.22. The Labute approximate surface area is 104 Å². The van der Waals surface area contributed by atoms with Crippen molar-refractivity contribution in [3.8, 4) is 5.75 Å². The molecule has 0 aliphatic carbocycles. The molecule has 18 heavy (non-hydrogen) atoms. The Kier molecular flexibility index (Phi) is 4.27. The van der Waals surface area contributed by atoms with Gasteiger partial charge in [-0.15, -0.1) is 0 Å². The smallest absolute Gasteiger partial charge is 0.304 e. The van der Waals surface area contributed by atoms with Crippen molar-refractivity contribution in [2.24, 2.45) is 0 Å². The van der Waals surface area contributed by atoms with Crippen molar-refractivity contribution in [3.05, 3.63) is 29.3 Å². The van der Waals surface area contributed by atoms with E-state index in [1.807, 2.05) is 0 Å². The monoisotopic (exact) mass is 258 g/mol. The number of carbonyl (C=O) groups is 1. The SMILES string of the molecule is COc1cc(C(F)F)ccc1C(C)(C)CC(=O)O. The number of hydrogen-bond donors (Lipinski definition) is 1. The third kappa shape index (κ3) is 3.18. The Balaban J connectivity index is 3.20. The predicted molar refractivity (Wildman–Crippen MR) is 63.2 cm³/mol. The number of benzene rings is 1. The molecule has 3 nitrogen and oxygen atoms in total. The molecule has 0 aliphatic rings. The van der Waals surface area contributed by atoms with E-state index in [-0.39, 0.29) is 12.0 Å². The maximum atomic E-state index is 12.6. The summed E-state index contributed by atoms with van der Waals surface area (Å²) in [6.07, 6.45) is -2.67. The summed E-state index contributed by atoms with van der Waals surface area (Å²) >= 11 is 0. The van der Waals surface area contributed by atoms with Gasteiger partial charge in [0.2, 0.25) is 0 Å². The van der Waals surface area contributed by atoms with Crippen LogP contribution in [0.25, 0.3) is 0 Å². The summed E-state index contributed by atoms with van der Waals surface area (Å²) in [5.41, 5.74) is -0.212. The topological polar surface area (TPSA) is 46.5 Å². The van der Waals surface area contributed by atoms with Crippen molar-refractivity contribution < 1.29 is 23.4 Å². The molecule has 1 aromatic carbocycles. The number of carboxylic acids is 1. The molecule has 0 bridgehead atoms. The maximum Gasteiger partial charge on any atom is 0.304 e. The molecule has 0 fully saturated rings. The first-order chi connectivity index (χ1) is 8.27. The summed E-state index contributed by atoms with van der Waals surface area (Å²) in [5.74, 6) is -0.654. The van der Waals surface area contributed by atoms with Gasteiger partial charge in [-0.25, -0.2) is 8.78 Å². The summed E-state index contributed by atoms with van der Waals surface area (Å²) < 4.78 is 30.2. The molecule has 1 N–H and O–H groups in total. The second kappa shape index (κ2) is 5.33. The number of hydrogen-bond acceptors (Lipinski definition) is 2. The van der Waals surface area contributed by atoms with Crippen molar-refractivity contribution in [2.75, 3.05) is 7.11 Å². The Bertz CT molecular complexity index is 442. The fraction of sp³-hybridized carbons (Fsp3) is 0.462. The summed E-state index contributed by atoms with van der Waals surface area (Å²) in [5, 5.41) is 8.86. The van der Waals surface area contributed by atoms with Crippen LogP contribution in [0.3, 0.4) is 0 Å². The van der Waals surface area contributed by atoms with Gasteiger partial charge >= 0.3 is 5.97 Å². The normalized spacial score (nSPS) is 11.7. The zero-order valence-corrected chi connectivity index (χ0v) is 10.5. The van der Waals surface area contributed by atoms with Gasteiger partial charge in [-0.05, 0) is 6.07 Å². The molecule has 0 saturated carbocycles. The first kappa shape index (κ1) is 14.4. The second-order valence-electron chi connectivity index (χ2n) is 4.71. The van der Waals surface area contributed by atoms with Gasteiger partial charge in [0.25, 0.3) is 6.43 Å². The number of rotatable bonds is 5. The van der Waals surface area contributed by atoms with Crippen LogP contribution in [0.1, 0.15) is 37.8 Å². The molecule has 1 rings (SSSR count). The third-order valence-corrected chi connectivity index (χ3v) is 2.80. The molecule has 0 spiro atoms. The highest BCUT2D eigenvalue weighted by Crippen LogP contribution is 2.36. The van der Waals surface area contributed by atoms with Gasteiger partial charge in [0, 0.05) is 16.5 Å². The largest absolute Gasteiger partial charge is 0.496 e. The van der Waals surface area contributed by atoms with Crippen molar-refractivity contribution in [1.82, 2.24) is 0 Å². The Morgan fingerprint density at radius 1 is 1.44 bits per heavy atom. The van der Waals surface area contributed by atoms with Crippen LogP contribution in [0.5, 0.6) is 5.75 Å². The van der Waals surface area contributed by atoms with Crippen molar-refractivity contribution in [2.45, 2.75) is 32.1 Å². The third-order valence-electron chi connectivity index (χ3n) is 2.80. The number of alkyl halides is 2. The van der Waals surface area contributed by atoms with Gasteiger partial charge < -0.3 is 9.84 Å². The van der Waals surface area contributed by atoms with Crippen LogP contribution in [-0.4, -0.2) is 18.2 Å². The van der Waals surface area contributed by atoms with Crippen molar-refractivity contribution >= 4 is 5.97 Å². The lowest BCUT2D eigenvalue weighted by atomic mass is 9.80. The average Bonchev–Trinajstić information content (AvgIpc) is 2.26. The summed E-state index contributed by atoms with van der Waals surface area (Å²) in [7, 11) is 1.38. The minimum Gasteiger partial charge on any atom is -0.496 e. The van der Waals surface area contributed by atoms with E-state index in [9.17, 15) is 13.6 Å². The highest BCUT2D eigenvalue weighted by atomic mass is 19.3. The highest BCUT2D eigenvalue weighted by Gasteiger charge is 2.28. The van der Waals surface area contributed by atoms with Gasteiger partial charge in [0.1, 0.15) is 5.75 Å². The molecule has 0 heterocycles.